The Morgan fingerprint density at radius 2 is 1.88 bits per heavy atom. The summed E-state index contributed by atoms with van der Waals surface area (Å²) in [5, 5.41) is 40.5. The van der Waals surface area contributed by atoms with Gasteiger partial charge in [-0.1, -0.05) is 0 Å². The van der Waals surface area contributed by atoms with E-state index in [0.717, 1.165) is 18.2 Å². The molecule has 9 nitrogen and oxygen atoms in total. The van der Waals surface area contributed by atoms with E-state index in [9.17, 15) is 30.2 Å². The second kappa shape index (κ2) is 5.71. The molecule has 128 valence electrons. The van der Waals surface area contributed by atoms with Gasteiger partial charge in [-0.05, 0) is 12.1 Å². The quantitative estimate of drug-likeness (QED) is 0.485. The third-order valence-corrected chi connectivity index (χ3v) is 3.58. The molecule has 0 atom stereocenters. The molecule has 3 aromatic rings. The van der Waals surface area contributed by atoms with Gasteiger partial charge in [-0.2, -0.15) is 0 Å². The Labute approximate surface area is 139 Å². The van der Waals surface area contributed by atoms with Crippen LogP contribution >= 0.6 is 0 Å². The maximum Gasteiger partial charge on any atom is 0.325 e. The van der Waals surface area contributed by atoms with Gasteiger partial charge in [0.05, 0.1) is 17.6 Å². The van der Waals surface area contributed by atoms with Gasteiger partial charge in [-0.3, -0.25) is 14.9 Å². The molecule has 1 aromatic heterocycles. The third kappa shape index (κ3) is 2.57. The zero-order chi connectivity index (χ0) is 18.3. The normalized spacial score (nSPS) is 10.8. The maximum absolute atomic E-state index is 12.2. The van der Waals surface area contributed by atoms with Gasteiger partial charge in [-0.25, -0.2) is 0 Å². The standard InChI is InChI=1S/C16H11NO8/c1-24-11-3-2-8(15(16(11)21)17(22)23)12-6-10(20)14-9(19)4-7(18)5-13(14)25-12/h2-6,18-19,21H,1H3. The number of hydrogen-bond acceptors (Lipinski definition) is 8. The van der Waals surface area contributed by atoms with Crippen molar-refractivity contribution in [3.63, 3.8) is 0 Å². The summed E-state index contributed by atoms with van der Waals surface area (Å²) in [4.78, 5) is 22.7. The Morgan fingerprint density at radius 1 is 1.16 bits per heavy atom. The molecular formula is C16H11NO8. The van der Waals surface area contributed by atoms with Crippen LogP contribution in [0.15, 0.2) is 39.5 Å². The van der Waals surface area contributed by atoms with Crippen LogP contribution in [-0.2, 0) is 0 Å². The maximum atomic E-state index is 12.2. The van der Waals surface area contributed by atoms with E-state index >= 15 is 0 Å². The summed E-state index contributed by atoms with van der Waals surface area (Å²) in [6, 6.07) is 5.55. The molecule has 9 heteroatoms. The van der Waals surface area contributed by atoms with E-state index < -0.39 is 27.5 Å². The van der Waals surface area contributed by atoms with E-state index in [-0.39, 0.29) is 33.8 Å². The molecule has 0 amide bonds. The lowest BCUT2D eigenvalue weighted by Crippen LogP contribution is -2.02. The number of nitro groups is 1. The zero-order valence-electron chi connectivity index (χ0n) is 12.7. The first-order chi connectivity index (χ1) is 11.8. The number of nitrogens with zero attached hydrogens (tertiary/aromatic N) is 1. The number of rotatable bonds is 3. The van der Waals surface area contributed by atoms with Crippen molar-refractivity contribution in [2.45, 2.75) is 0 Å². The van der Waals surface area contributed by atoms with Gasteiger partial charge in [0.1, 0.15) is 28.2 Å². The molecule has 0 fully saturated rings. The first-order valence-corrected chi connectivity index (χ1v) is 6.88. The van der Waals surface area contributed by atoms with Gasteiger partial charge in [0, 0.05) is 18.2 Å². The van der Waals surface area contributed by atoms with Crippen molar-refractivity contribution < 1.29 is 29.4 Å². The van der Waals surface area contributed by atoms with Crippen molar-refractivity contribution in [3.05, 3.63) is 50.7 Å². The molecule has 0 bridgehead atoms. The van der Waals surface area contributed by atoms with Crippen LogP contribution in [0, 0.1) is 10.1 Å². The molecule has 0 spiro atoms. The van der Waals surface area contributed by atoms with Crippen LogP contribution in [0.3, 0.4) is 0 Å². The number of benzene rings is 2. The number of nitro benzene ring substituents is 1. The van der Waals surface area contributed by atoms with Crippen molar-refractivity contribution >= 4 is 16.7 Å². The molecular weight excluding hydrogens is 334 g/mol. The van der Waals surface area contributed by atoms with Crippen LogP contribution < -0.4 is 10.2 Å². The smallest absolute Gasteiger partial charge is 0.325 e. The fraction of sp³-hybridized carbons (Fsp3) is 0.0625. The van der Waals surface area contributed by atoms with Gasteiger partial charge in [0.15, 0.2) is 11.2 Å². The van der Waals surface area contributed by atoms with Gasteiger partial charge in [0.2, 0.25) is 5.75 Å². The van der Waals surface area contributed by atoms with E-state index in [1.165, 1.54) is 19.2 Å². The van der Waals surface area contributed by atoms with Crippen LogP contribution in [0.5, 0.6) is 23.0 Å². The van der Waals surface area contributed by atoms with Crippen LogP contribution in [0.25, 0.3) is 22.3 Å². The highest BCUT2D eigenvalue weighted by molar-refractivity contribution is 5.87. The van der Waals surface area contributed by atoms with Crippen LogP contribution in [0.2, 0.25) is 0 Å². The van der Waals surface area contributed by atoms with E-state index in [4.69, 9.17) is 9.15 Å². The first-order valence-electron chi connectivity index (χ1n) is 6.88. The molecule has 1 heterocycles. The lowest BCUT2D eigenvalue weighted by Gasteiger charge is -2.09. The topological polar surface area (TPSA) is 143 Å². The summed E-state index contributed by atoms with van der Waals surface area (Å²) in [5.41, 5.74) is -1.70. The molecule has 0 saturated carbocycles. The minimum atomic E-state index is -0.836. The summed E-state index contributed by atoms with van der Waals surface area (Å²) in [5.74, 6) is -1.88. The number of ether oxygens (including phenoxy) is 1. The van der Waals surface area contributed by atoms with Gasteiger partial charge in [0.25, 0.3) is 0 Å². The first kappa shape index (κ1) is 16.1. The minimum absolute atomic E-state index is 0.117. The lowest BCUT2D eigenvalue weighted by atomic mass is 10.1. The van der Waals surface area contributed by atoms with Gasteiger partial charge in [-0.15, -0.1) is 0 Å². The SMILES string of the molecule is COc1ccc(-c2cc(=O)c3c(O)cc(O)cc3o2)c([N+](=O)[O-])c1O. The molecule has 0 aliphatic carbocycles. The van der Waals surface area contributed by atoms with Crippen molar-refractivity contribution in [3.8, 4) is 34.3 Å². The number of phenols is 3. The average Bonchev–Trinajstić information content (AvgIpc) is 2.52. The minimum Gasteiger partial charge on any atom is -0.508 e. The molecule has 25 heavy (non-hydrogen) atoms. The number of phenolic OH excluding ortho intramolecular Hbond substituents is 3. The fourth-order valence-corrected chi connectivity index (χ4v) is 2.50. The number of aromatic hydroxyl groups is 3. The highest BCUT2D eigenvalue weighted by atomic mass is 16.6. The number of hydrogen-bond donors (Lipinski definition) is 3. The van der Waals surface area contributed by atoms with E-state index in [1.54, 1.807) is 0 Å². The second-order valence-electron chi connectivity index (χ2n) is 5.08. The molecule has 0 aliphatic heterocycles. The van der Waals surface area contributed by atoms with E-state index in [1.807, 2.05) is 0 Å². The highest BCUT2D eigenvalue weighted by Gasteiger charge is 2.27. The number of fused-ring (bicyclic) bond motifs is 1. The Morgan fingerprint density at radius 3 is 2.52 bits per heavy atom. The molecule has 0 aliphatic rings. The summed E-state index contributed by atoms with van der Waals surface area (Å²) < 4.78 is 10.3. The average molecular weight is 345 g/mol. The molecule has 0 saturated heterocycles. The second-order valence-corrected chi connectivity index (χ2v) is 5.08. The summed E-state index contributed by atoms with van der Waals surface area (Å²) in [6.07, 6.45) is 0. The predicted molar refractivity (Wildman–Crippen MR) is 86.1 cm³/mol. The largest absolute Gasteiger partial charge is 0.508 e. The lowest BCUT2D eigenvalue weighted by molar-refractivity contribution is -0.385. The molecule has 0 unspecified atom stereocenters. The summed E-state index contributed by atoms with van der Waals surface area (Å²) in [7, 11) is 1.24. The van der Waals surface area contributed by atoms with Crippen LogP contribution in [-0.4, -0.2) is 27.4 Å². The van der Waals surface area contributed by atoms with Crippen LogP contribution in [0.4, 0.5) is 5.69 Å². The molecule has 0 radical (unpaired) electrons. The summed E-state index contributed by atoms with van der Waals surface area (Å²) >= 11 is 0. The molecule has 3 rings (SSSR count). The molecule has 3 N–H and O–H groups in total. The van der Waals surface area contributed by atoms with Crippen LogP contribution in [0.1, 0.15) is 0 Å². The van der Waals surface area contributed by atoms with Crippen molar-refractivity contribution in [2.75, 3.05) is 7.11 Å². The van der Waals surface area contributed by atoms with E-state index in [2.05, 4.69) is 0 Å². The Hall–Kier alpha value is -3.75. The van der Waals surface area contributed by atoms with E-state index in [0.29, 0.717) is 0 Å². The highest BCUT2D eigenvalue weighted by Crippen LogP contribution is 2.43. The Bertz CT molecular complexity index is 1070. The predicted octanol–water partition coefficient (Wildman–Crippen LogP) is 2.49. The van der Waals surface area contributed by atoms with Crippen molar-refractivity contribution in [2.24, 2.45) is 0 Å². The monoisotopic (exact) mass is 345 g/mol. The fourth-order valence-electron chi connectivity index (χ4n) is 2.50. The Balaban J connectivity index is 2.36. The Kier molecular flexibility index (Phi) is 3.68. The van der Waals surface area contributed by atoms with Gasteiger partial charge < -0.3 is 24.5 Å². The summed E-state index contributed by atoms with van der Waals surface area (Å²) in [6.45, 7) is 0. The van der Waals surface area contributed by atoms with Crippen molar-refractivity contribution in [1.29, 1.82) is 0 Å². The zero-order valence-corrected chi connectivity index (χ0v) is 12.7. The third-order valence-electron chi connectivity index (χ3n) is 3.58. The van der Waals surface area contributed by atoms with Gasteiger partial charge >= 0.3 is 5.69 Å². The molecule has 2 aromatic carbocycles. The van der Waals surface area contributed by atoms with Crippen molar-refractivity contribution in [1.82, 2.24) is 0 Å². The number of methoxy groups -OCH3 is 1.